The minimum atomic E-state index is -0.982. The maximum absolute atomic E-state index is 11.4. The van der Waals surface area contributed by atoms with Crippen molar-refractivity contribution in [3.63, 3.8) is 0 Å². The van der Waals surface area contributed by atoms with Gasteiger partial charge in [-0.05, 0) is 24.1 Å². The fourth-order valence-electron chi connectivity index (χ4n) is 1.56. The molecule has 102 valence electrons. The molecule has 1 amide bonds. The number of rotatable bonds is 6. The molecule has 1 aromatic rings. The first kappa shape index (κ1) is 14.9. The molecule has 5 heteroatoms. The lowest BCUT2D eigenvalue weighted by atomic mass is 10.1. The molecular formula is C14H17NO4. The molecule has 0 aromatic heterocycles. The van der Waals surface area contributed by atoms with Gasteiger partial charge in [-0.2, -0.15) is 0 Å². The van der Waals surface area contributed by atoms with Crippen molar-refractivity contribution in [3.8, 4) is 0 Å². The molecule has 19 heavy (non-hydrogen) atoms. The lowest BCUT2D eigenvalue weighted by Gasteiger charge is -2.14. The summed E-state index contributed by atoms with van der Waals surface area (Å²) in [7, 11) is 1.47. The van der Waals surface area contributed by atoms with Gasteiger partial charge in [0.05, 0.1) is 6.04 Å². The van der Waals surface area contributed by atoms with E-state index in [1.807, 2.05) is 19.1 Å². The Balaban J connectivity index is 2.65. The molecule has 0 spiro atoms. The van der Waals surface area contributed by atoms with Gasteiger partial charge in [0.2, 0.25) is 5.91 Å². The Labute approximate surface area is 111 Å². The van der Waals surface area contributed by atoms with Crippen molar-refractivity contribution < 1.29 is 19.4 Å². The molecule has 0 aliphatic rings. The van der Waals surface area contributed by atoms with Gasteiger partial charge < -0.3 is 15.2 Å². The van der Waals surface area contributed by atoms with Crippen LogP contribution in [0.4, 0.5) is 0 Å². The third kappa shape index (κ3) is 5.35. The predicted molar refractivity (Wildman–Crippen MR) is 71.5 cm³/mol. The zero-order valence-electron chi connectivity index (χ0n) is 10.9. The number of benzene rings is 1. The summed E-state index contributed by atoms with van der Waals surface area (Å²) < 4.78 is 4.74. The molecule has 0 aliphatic heterocycles. The van der Waals surface area contributed by atoms with E-state index < -0.39 is 5.97 Å². The van der Waals surface area contributed by atoms with Crippen molar-refractivity contribution in [2.75, 3.05) is 13.7 Å². The summed E-state index contributed by atoms with van der Waals surface area (Å²) in [4.78, 5) is 21.7. The Bertz CT molecular complexity index is 465. The molecule has 1 rings (SSSR count). The molecule has 0 fully saturated rings. The second-order valence-corrected chi connectivity index (χ2v) is 4.06. The minimum Gasteiger partial charge on any atom is -0.478 e. The monoisotopic (exact) mass is 263 g/mol. The zero-order chi connectivity index (χ0) is 14.3. The molecule has 1 unspecified atom stereocenters. The Kier molecular flexibility index (Phi) is 5.75. The number of nitrogens with one attached hydrogen (secondary N) is 1. The number of hydrogen-bond donors (Lipinski definition) is 2. The molecule has 0 aliphatic carbocycles. The van der Waals surface area contributed by atoms with Gasteiger partial charge in [-0.1, -0.05) is 24.3 Å². The highest BCUT2D eigenvalue weighted by Gasteiger charge is 2.08. The predicted octanol–water partition coefficient (Wildman–Crippen LogP) is 1.61. The van der Waals surface area contributed by atoms with Gasteiger partial charge in [-0.25, -0.2) is 4.79 Å². The Hall–Kier alpha value is -2.14. The smallest absolute Gasteiger partial charge is 0.328 e. The van der Waals surface area contributed by atoms with Crippen LogP contribution >= 0.6 is 0 Å². The largest absolute Gasteiger partial charge is 0.478 e. The number of hydrogen-bond acceptors (Lipinski definition) is 3. The fourth-order valence-corrected chi connectivity index (χ4v) is 1.56. The first-order valence-electron chi connectivity index (χ1n) is 5.82. The first-order valence-corrected chi connectivity index (χ1v) is 5.82. The van der Waals surface area contributed by atoms with Crippen molar-refractivity contribution in [2.24, 2.45) is 0 Å². The number of amides is 1. The summed E-state index contributed by atoms with van der Waals surface area (Å²) in [6.45, 7) is 1.90. The molecule has 0 saturated heterocycles. The lowest BCUT2D eigenvalue weighted by Crippen LogP contribution is -2.29. The van der Waals surface area contributed by atoms with Gasteiger partial charge >= 0.3 is 5.97 Å². The maximum Gasteiger partial charge on any atom is 0.328 e. The molecule has 0 saturated carbocycles. The molecule has 0 radical (unpaired) electrons. The van der Waals surface area contributed by atoms with Crippen molar-refractivity contribution in [1.82, 2.24) is 5.32 Å². The average molecular weight is 263 g/mol. The number of carboxylic acid groups (broad SMARTS) is 1. The van der Waals surface area contributed by atoms with Crippen LogP contribution in [-0.2, 0) is 14.3 Å². The Morgan fingerprint density at radius 3 is 2.53 bits per heavy atom. The summed E-state index contributed by atoms with van der Waals surface area (Å²) in [5, 5.41) is 11.3. The van der Waals surface area contributed by atoms with Crippen LogP contribution in [0.2, 0.25) is 0 Å². The van der Waals surface area contributed by atoms with Crippen molar-refractivity contribution in [1.29, 1.82) is 0 Å². The second-order valence-electron chi connectivity index (χ2n) is 4.06. The van der Waals surface area contributed by atoms with Gasteiger partial charge in [0, 0.05) is 13.2 Å². The van der Waals surface area contributed by atoms with Gasteiger partial charge in [0.25, 0.3) is 0 Å². The molecule has 1 aromatic carbocycles. The van der Waals surface area contributed by atoms with Crippen LogP contribution in [0.15, 0.2) is 30.3 Å². The van der Waals surface area contributed by atoms with E-state index in [2.05, 4.69) is 5.32 Å². The second kappa shape index (κ2) is 7.33. The molecule has 0 heterocycles. The van der Waals surface area contributed by atoms with Crippen LogP contribution in [0.1, 0.15) is 24.1 Å². The third-order valence-electron chi connectivity index (χ3n) is 2.51. The third-order valence-corrected chi connectivity index (χ3v) is 2.51. The van der Waals surface area contributed by atoms with Crippen molar-refractivity contribution >= 4 is 18.0 Å². The van der Waals surface area contributed by atoms with Crippen LogP contribution in [0.25, 0.3) is 6.08 Å². The van der Waals surface area contributed by atoms with Crippen molar-refractivity contribution in [3.05, 3.63) is 41.5 Å². The number of aliphatic carboxylic acids is 1. The van der Waals surface area contributed by atoms with Gasteiger partial charge in [0.1, 0.15) is 6.61 Å². The summed E-state index contributed by atoms with van der Waals surface area (Å²) >= 11 is 0. The number of carbonyl (C=O) groups is 2. The van der Waals surface area contributed by atoms with Crippen molar-refractivity contribution in [2.45, 2.75) is 13.0 Å². The number of carboxylic acids is 1. The van der Waals surface area contributed by atoms with E-state index in [9.17, 15) is 9.59 Å². The van der Waals surface area contributed by atoms with Crippen LogP contribution in [-0.4, -0.2) is 30.7 Å². The zero-order valence-corrected chi connectivity index (χ0v) is 10.9. The molecular weight excluding hydrogens is 246 g/mol. The topological polar surface area (TPSA) is 75.6 Å². The highest BCUT2D eigenvalue weighted by Crippen LogP contribution is 2.14. The SMILES string of the molecule is COCC(=O)NC(C)c1ccc(C=CC(=O)O)cc1. The average Bonchev–Trinajstić information content (AvgIpc) is 2.37. The molecule has 5 nitrogen and oxygen atoms in total. The van der Waals surface area contributed by atoms with Gasteiger partial charge in [-0.3, -0.25) is 4.79 Å². The van der Waals surface area contributed by atoms with E-state index in [1.54, 1.807) is 12.1 Å². The molecule has 0 bridgehead atoms. The summed E-state index contributed by atoms with van der Waals surface area (Å²) in [5.41, 5.74) is 1.73. The highest BCUT2D eigenvalue weighted by molar-refractivity contribution is 5.85. The standard InChI is InChI=1S/C14H17NO4/c1-10(15-13(16)9-19-2)12-6-3-11(4-7-12)5-8-14(17)18/h3-8,10H,9H2,1-2H3,(H,15,16)(H,17,18). The normalized spacial score (nSPS) is 12.3. The summed E-state index contributed by atoms with van der Waals surface area (Å²) in [6.07, 6.45) is 2.60. The maximum atomic E-state index is 11.4. The van der Waals surface area contributed by atoms with E-state index in [0.29, 0.717) is 0 Å². The lowest BCUT2D eigenvalue weighted by molar-refractivity contribution is -0.131. The van der Waals surface area contributed by atoms with E-state index in [4.69, 9.17) is 9.84 Å². The summed E-state index contributed by atoms with van der Waals surface area (Å²) in [6, 6.07) is 7.17. The first-order chi connectivity index (χ1) is 9.02. The van der Waals surface area contributed by atoms with Gasteiger partial charge in [0.15, 0.2) is 0 Å². The summed E-state index contributed by atoms with van der Waals surface area (Å²) in [5.74, 6) is -1.16. The fraction of sp³-hybridized carbons (Fsp3) is 0.286. The Morgan fingerprint density at radius 2 is 2.00 bits per heavy atom. The van der Waals surface area contributed by atoms with E-state index in [1.165, 1.54) is 13.2 Å². The molecule has 2 N–H and O–H groups in total. The van der Waals surface area contributed by atoms with E-state index in [0.717, 1.165) is 17.2 Å². The number of ether oxygens (including phenoxy) is 1. The quantitative estimate of drug-likeness (QED) is 0.764. The van der Waals surface area contributed by atoms with Crippen LogP contribution in [0.3, 0.4) is 0 Å². The molecule has 1 atom stereocenters. The minimum absolute atomic E-state index is 0.0315. The Morgan fingerprint density at radius 1 is 1.37 bits per heavy atom. The van der Waals surface area contributed by atoms with Crippen LogP contribution in [0.5, 0.6) is 0 Å². The van der Waals surface area contributed by atoms with Crippen LogP contribution in [0, 0.1) is 0 Å². The van der Waals surface area contributed by atoms with Crippen LogP contribution < -0.4 is 5.32 Å². The highest BCUT2D eigenvalue weighted by atomic mass is 16.5. The number of methoxy groups -OCH3 is 1. The number of carbonyl (C=O) groups excluding carboxylic acids is 1. The van der Waals surface area contributed by atoms with Gasteiger partial charge in [-0.15, -0.1) is 0 Å². The van der Waals surface area contributed by atoms with E-state index >= 15 is 0 Å². The van der Waals surface area contributed by atoms with E-state index in [-0.39, 0.29) is 18.6 Å².